The molecule has 0 radical (unpaired) electrons. The highest BCUT2D eigenvalue weighted by Crippen LogP contribution is 2.56. The fraction of sp³-hybridized carbons (Fsp3) is 0.0196. The van der Waals surface area contributed by atoms with E-state index in [1.807, 2.05) is 12.1 Å². The molecule has 0 saturated heterocycles. The van der Waals surface area contributed by atoms with Crippen molar-refractivity contribution in [1.82, 2.24) is 0 Å². The molecule has 1 aromatic heterocycles. The molecule has 0 atom stereocenters. The zero-order chi connectivity index (χ0) is 34.9. The van der Waals surface area contributed by atoms with E-state index < -0.39 is 5.41 Å². The highest BCUT2D eigenvalue weighted by molar-refractivity contribution is 6.16. The Morgan fingerprint density at radius 2 is 0.887 bits per heavy atom. The minimum Gasteiger partial charge on any atom is -0.456 e. The molecule has 0 unspecified atom stereocenters. The van der Waals surface area contributed by atoms with Crippen molar-refractivity contribution in [2.45, 2.75) is 5.41 Å². The van der Waals surface area contributed by atoms with Crippen LogP contribution in [0.1, 0.15) is 22.3 Å². The molecule has 0 amide bonds. The lowest BCUT2D eigenvalue weighted by atomic mass is 9.67. The monoisotopic (exact) mass is 675 g/mol. The third kappa shape index (κ3) is 4.39. The Kier molecular flexibility index (Phi) is 6.50. The first-order valence-electron chi connectivity index (χ1n) is 18.3. The number of hydrogen-bond donors (Lipinski definition) is 0. The minimum atomic E-state index is -0.460. The highest BCUT2D eigenvalue weighted by Gasteiger charge is 2.44. The summed E-state index contributed by atoms with van der Waals surface area (Å²) in [5.41, 5.74) is 12.1. The normalized spacial score (nSPS) is 13.1. The summed E-state index contributed by atoms with van der Waals surface area (Å²) in [6.07, 6.45) is 0. The lowest BCUT2D eigenvalue weighted by molar-refractivity contribution is 0.669. The van der Waals surface area contributed by atoms with Gasteiger partial charge in [-0.2, -0.15) is 0 Å². The van der Waals surface area contributed by atoms with Crippen LogP contribution in [0.25, 0.3) is 54.6 Å². The number of furan rings is 1. The molecular formula is C51H33NO. The van der Waals surface area contributed by atoms with Crippen molar-refractivity contribution >= 4 is 60.5 Å². The Labute approximate surface area is 307 Å². The van der Waals surface area contributed by atoms with Gasteiger partial charge in [-0.15, -0.1) is 0 Å². The van der Waals surface area contributed by atoms with Crippen LogP contribution in [0.2, 0.25) is 0 Å². The average Bonchev–Trinajstić information content (AvgIpc) is 3.76. The molecule has 248 valence electrons. The van der Waals surface area contributed by atoms with Crippen LogP contribution in [0.4, 0.5) is 17.1 Å². The molecule has 2 heteroatoms. The van der Waals surface area contributed by atoms with E-state index in [0.717, 1.165) is 39.0 Å². The Balaban J connectivity index is 1.10. The van der Waals surface area contributed by atoms with Gasteiger partial charge in [0.15, 0.2) is 0 Å². The molecule has 0 bridgehead atoms. The molecule has 0 fully saturated rings. The van der Waals surface area contributed by atoms with Gasteiger partial charge in [-0.3, -0.25) is 0 Å². The van der Waals surface area contributed by atoms with Gasteiger partial charge < -0.3 is 9.32 Å². The third-order valence-corrected chi connectivity index (χ3v) is 11.3. The molecule has 0 saturated carbocycles. The first kappa shape index (κ1) is 29.8. The van der Waals surface area contributed by atoms with Crippen LogP contribution in [-0.2, 0) is 5.41 Å². The standard InChI is InChI=1S/C51H33NO/c1-3-11-34(12-4-1)35-23-27-40(28-24-35)52(42-31-32-44-43-17-7-8-20-47(43)53-48(44)33-42)41-29-25-39(26-30-41)51(38-15-5-2-6-16-38)45-18-9-13-36-21-22-37-14-10-19-46(51)50(37)49(36)45/h1-33H. The number of fused-ring (bicyclic) bond motifs is 3. The maximum absolute atomic E-state index is 6.40. The molecule has 1 aliphatic carbocycles. The van der Waals surface area contributed by atoms with E-state index in [4.69, 9.17) is 4.42 Å². The summed E-state index contributed by atoms with van der Waals surface area (Å²) in [7, 11) is 0. The van der Waals surface area contributed by atoms with Gasteiger partial charge in [0.1, 0.15) is 11.2 Å². The second-order valence-electron chi connectivity index (χ2n) is 14.1. The Morgan fingerprint density at radius 3 is 1.57 bits per heavy atom. The van der Waals surface area contributed by atoms with Crippen LogP contribution >= 0.6 is 0 Å². The van der Waals surface area contributed by atoms with Crippen molar-refractivity contribution < 1.29 is 4.42 Å². The SMILES string of the molecule is c1ccc(-c2ccc(N(c3ccc(C4(c5ccccc5)c5cccc6ccc7cccc4c7c56)cc3)c3ccc4c(c3)oc3ccccc34)cc2)cc1. The fourth-order valence-corrected chi connectivity index (χ4v) is 9.00. The maximum atomic E-state index is 6.40. The molecule has 1 heterocycles. The molecule has 1 aliphatic rings. The third-order valence-electron chi connectivity index (χ3n) is 11.3. The summed E-state index contributed by atoms with van der Waals surface area (Å²) in [4.78, 5) is 2.34. The number of hydrogen-bond acceptors (Lipinski definition) is 2. The predicted molar refractivity (Wildman–Crippen MR) is 221 cm³/mol. The number of rotatable bonds is 6. The van der Waals surface area contributed by atoms with Gasteiger partial charge in [-0.05, 0) is 97.4 Å². The van der Waals surface area contributed by atoms with Gasteiger partial charge in [0, 0.05) is 33.9 Å². The molecule has 11 rings (SSSR count). The summed E-state index contributed by atoms with van der Waals surface area (Å²) in [5, 5.41) is 7.52. The summed E-state index contributed by atoms with van der Waals surface area (Å²) in [5.74, 6) is 0. The van der Waals surface area contributed by atoms with E-state index in [-0.39, 0.29) is 0 Å². The van der Waals surface area contributed by atoms with Crippen molar-refractivity contribution in [2.24, 2.45) is 0 Å². The largest absolute Gasteiger partial charge is 0.456 e. The van der Waals surface area contributed by atoms with Crippen molar-refractivity contribution in [1.29, 1.82) is 0 Å². The fourth-order valence-electron chi connectivity index (χ4n) is 9.00. The van der Waals surface area contributed by atoms with Gasteiger partial charge in [0.25, 0.3) is 0 Å². The molecule has 0 N–H and O–H groups in total. The number of para-hydroxylation sites is 1. The second-order valence-corrected chi connectivity index (χ2v) is 14.1. The van der Waals surface area contributed by atoms with Crippen LogP contribution in [0.3, 0.4) is 0 Å². The average molecular weight is 676 g/mol. The molecule has 53 heavy (non-hydrogen) atoms. The smallest absolute Gasteiger partial charge is 0.137 e. The van der Waals surface area contributed by atoms with Gasteiger partial charge in [-0.25, -0.2) is 0 Å². The van der Waals surface area contributed by atoms with Crippen molar-refractivity contribution in [3.63, 3.8) is 0 Å². The zero-order valence-corrected chi connectivity index (χ0v) is 28.9. The first-order chi connectivity index (χ1) is 26.3. The predicted octanol–water partition coefficient (Wildman–Crippen LogP) is 13.7. The topological polar surface area (TPSA) is 16.4 Å². The van der Waals surface area contributed by atoms with Crippen molar-refractivity contribution in [3.05, 3.63) is 222 Å². The molecule has 9 aromatic carbocycles. The summed E-state index contributed by atoms with van der Waals surface area (Å²) >= 11 is 0. The van der Waals surface area contributed by atoms with E-state index in [2.05, 4.69) is 193 Å². The summed E-state index contributed by atoms with van der Waals surface area (Å²) in [6, 6.07) is 72.7. The van der Waals surface area contributed by atoms with Crippen molar-refractivity contribution in [3.8, 4) is 11.1 Å². The van der Waals surface area contributed by atoms with Gasteiger partial charge >= 0.3 is 0 Å². The molecule has 10 aromatic rings. The lowest BCUT2D eigenvalue weighted by Crippen LogP contribution is -2.28. The van der Waals surface area contributed by atoms with Gasteiger partial charge in [-0.1, -0.05) is 152 Å². The van der Waals surface area contributed by atoms with Gasteiger partial charge in [0.05, 0.1) is 5.41 Å². The number of benzene rings is 9. The Morgan fingerprint density at radius 1 is 0.358 bits per heavy atom. The Bertz CT molecular complexity index is 2920. The minimum absolute atomic E-state index is 0.460. The van der Waals surface area contributed by atoms with Crippen LogP contribution in [0.15, 0.2) is 205 Å². The van der Waals surface area contributed by atoms with Gasteiger partial charge in [0.2, 0.25) is 0 Å². The second kappa shape index (κ2) is 11.6. The molecular weight excluding hydrogens is 643 g/mol. The highest BCUT2D eigenvalue weighted by atomic mass is 16.3. The quantitative estimate of drug-likeness (QED) is 0.163. The number of anilines is 3. The zero-order valence-electron chi connectivity index (χ0n) is 28.9. The van der Waals surface area contributed by atoms with Crippen LogP contribution in [0.5, 0.6) is 0 Å². The Hall–Kier alpha value is -6.90. The summed E-state index contributed by atoms with van der Waals surface area (Å²) in [6.45, 7) is 0. The van der Waals surface area contributed by atoms with Crippen LogP contribution in [-0.4, -0.2) is 0 Å². The lowest BCUT2D eigenvalue weighted by Gasteiger charge is -2.35. The van der Waals surface area contributed by atoms with E-state index >= 15 is 0 Å². The molecule has 2 nitrogen and oxygen atoms in total. The first-order valence-corrected chi connectivity index (χ1v) is 18.3. The van der Waals surface area contributed by atoms with Crippen molar-refractivity contribution in [2.75, 3.05) is 4.90 Å². The summed E-state index contributed by atoms with van der Waals surface area (Å²) < 4.78 is 6.40. The molecule has 0 aliphatic heterocycles. The maximum Gasteiger partial charge on any atom is 0.137 e. The molecule has 0 spiro atoms. The van der Waals surface area contributed by atoms with E-state index in [0.29, 0.717) is 0 Å². The van der Waals surface area contributed by atoms with E-state index in [9.17, 15) is 0 Å². The van der Waals surface area contributed by atoms with E-state index in [1.54, 1.807) is 0 Å². The van der Waals surface area contributed by atoms with E-state index in [1.165, 1.54) is 54.9 Å². The van der Waals surface area contributed by atoms with Crippen LogP contribution in [0, 0.1) is 0 Å². The number of nitrogens with zero attached hydrogens (tertiary/aromatic N) is 1. The van der Waals surface area contributed by atoms with Crippen LogP contribution < -0.4 is 4.90 Å².